The molecule has 2 aromatic carbocycles. The van der Waals surface area contributed by atoms with E-state index in [1.54, 1.807) is 18.2 Å². The van der Waals surface area contributed by atoms with E-state index in [2.05, 4.69) is 10.3 Å². The Hall–Kier alpha value is -2.79. The van der Waals surface area contributed by atoms with Crippen molar-refractivity contribution in [3.05, 3.63) is 59.2 Å². The largest absolute Gasteiger partial charge is 0.494 e. The van der Waals surface area contributed by atoms with Crippen LogP contribution in [0, 0.1) is 0 Å². The normalized spacial score (nSPS) is 10.5. The molecule has 1 heterocycles. The van der Waals surface area contributed by atoms with Gasteiger partial charge >= 0.3 is 5.97 Å². The van der Waals surface area contributed by atoms with Crippen molar-refractivity contribution >= 4 is 39.8 Å². The maximum absolute atomic E-state index is 11.9. The Kier molecular flexibility index (Phi) is 5.05. The van der Waals surface area contributed by atoms with Crippen LogP contribution in [0.1, 0.15) is 17.4 Å². The number of carbonyl (C=O) groups excluding carboxylic acids is 1. The molecule has 3 rings (SSSR count). The molecular formula is C19H17ClN2O3. The molecule has 0 radical (unpaired) electrons. The molecular weight excluding hydrogens is 340 g/mol. The van der Waals surface area contributed by atoms with Crippen LogP contribution in [0.4, 0.5) is 11.4 Å². The number of aromatic nitrogens is 1. The van der Waals surface area contributed by atoms with Crippen LogP contribution in [0.5, 0.6) is 5.75 Å². The molecule has 1 aromatic heterocycles. The summed E-state index contributed by atoms with van der Waals surface area (Å²) in [6.45, 7) is 2.49. The zero-order chi connectivity index (χ0) is 17.8. The molecule has 0 atom stereocenters. The van der Waals surface area contributed by atoms with Gasteiger partial charge in [-0.2, -0.15) is 0 Å². The average Bonchev–Trinajstić information content (AvgIpc) is 2.61. The lowest BCUT2D eigenvalue weighted by atomic mass is 10.1. The van der Waals surface area contributed by atoms with Crippen LogP contribution in [0.15, 0.2) is 48.5 Å². The molecule has 0 aliphatic rings. The smallest absolute Gasteiger partial charge is 0.356 e. The minimum atomic E-state index is -0.495. The summed E-state index contributed by atoms with van der Waals surface area (Å²) in [6, 6.07) is 14.5. The fraction of sp³-hybridized carbons (Fsp3) is 0.158. The number of carbonyl (C=O) groups is 1. The molecule has 5 nitrogen and oxygen atoms in total. The Balaban J connectivity index is 2.13. The van der Waals surface area contributed by atoms with Crippen molar-refractivity contribution in [3.8, 4) is 5.75 Å². The van der Waals surface area contributed by atoms with E-state index in [1.807, 2.05) is 37.3 Å². The number of nitrogens with zero attached hydrogens (tertiary/aromatic N) is 1. The van der Waals surface area contributed by atoms with Crippen LogP contribution in [0.3, 0.4) is 0 Å². The topological polar surface area (TPSA) is 60.5 Å². The van der Waals surface area contributed by atoms with E-state index in [0.29, 0.717) is 22.8 Å². The maximum Gasteiger partial charge on any atom is 0.356 e. The summed E-state index contributed by atoms with van der Waals surface area (Å²) in [6.07, 6.45) is 0. The Bertz CT molecular complexity index is 928. The molecule has 0 bridgehead atoms. The first-order valence-corrected chi connectivity index (χ1v) is 8.17. The van der Waals surface area contributed by atoms with Gasteiger partial charge in [0, 0.05) is 16.1 Å². The van der Waals surface area contributed by atoms with Crippen LogP contribution in [0.25, 0.3) is 10.9 Å². The third kappa shape index (κ3) is 3.83. The van der Waals surface area contributed by atoms with Crippen LogP contribution >= 0.6 is 11.6 Å². The number of fused-ring (bicyclic) bond motifs is 1. The molecule has 0 unspecified atom stereocenters. The highest BCUT2D eigenvalue weighted by Gasteiger charge is 2.13. The number of esters is 1. The summed E-state index contributed by atoms with van der Waals surface area (Å²) in [4.78, 5) is 16.3. The van der Waals surface area contributed by atoms with E-state index in [-0.39, 0.29) is 5.69 Å². The lowest BCUT2D eigenvalue weighted by Crippen LogP contribution is -2.06. The van der Waals surface area contributed by atoms with Crippen LogP contribution in [0.2, 0.25) is 5.02 Å². The molecule has 0 aliphatic heterocycles. The number of ether oxygens (including phenoxy) is 2. The van der Waals surface area contributed by atoms with E-state index in [1.165, 1.54) is 7.11 Å². The van der Waals surface area contributed by atoms with E-state index in [9.17, 15) is 4.79 Å². The molecule has 0 amide bonds. The van der Waals surface area contributed by atoms with Gasteiger partial charge < -0.3 is 14.8 Å². The van der Waals surface area contributed by atoms with Gasteiger partial charge in [-0.3, -0.25) is 0 Å². The quantitative estimate of drug-likeness (QED) is 0.664. The molecule has 0 saturated heterocycles. The predicted octanol–water partition coefficient (Wildman–Crippen LogP) is 4.82. The summed E-state index contributed by atoms with van der Waals surface area (Å²) < 4.78 is 10.4. The standard InChI is InChI=1S/C19H17ClN2O3/c1-3-25-14-7-8-16-15(10-14)17(11-18(22-16)19(23)24-2)21-13-6-4-5-12(20)9-13/h4-11H,3H2,1-2H3,(H,21,22). The maximum atomic E-state index is 11.9. The van der Waals surface area contributed by atoms with E-state index >= 15 is 0 Å². The molecule has 6 heteroatoms. The summed E-state index contributed by atoms with van der Waals surface area (Å²) in [5, 5.41) is 4.74. The number of rotatable bonds is 5. The second-order valence-electron chi connectivity index (χ2n) is 5.29. The number of nitrogens with one attached hydrogen (secondary N) is 1. The van der Waals surface area contributed by atoms with Gasteiger partial charge in [-0.15, -0.1) is 0 Å². The van der Waals surface area contributed by atoms with Gasteiger partial charge in [0.1, 0.15) is 5.75 Å². The fourth-order valence-corrected chi connectivity index (χ4v) is 2.69. The van der Waals surface area contributed by atoms with Gasteiger partial charge in [0.15, 0.2) is 5.69 Å². The highest BCUT2D eigenvalue weighted by Crippen LogP contribution is 2.30. The first-order chi connectivity index (χ1) is 12.1. The average molecular weight is 357 g/mol. The number of methoxy groups -OCH3 is 1. The SMILES string of the molecule is CCOc1ccc2nc(C(=O)OC)cc(Nc3cccc(Cl)c3)c2c1. The van der Waals surface area contributed by atoms with Crippen molar-refractivity contribution in [2.24, 2.45) is 0 Å². The van der Waals surface area contributed by atoms with Crippen LogP contribution in [-0.4, -0.2) is 24.7 Å². The highest BCUT2D eigenvalue weighted by molar-refractivity contribution is 6.30. The van der Waals surface area contributed by atoms with Crippen molar-refractivity contribution < 1.29 is 14.3 Å². The molecule has 25 heavy (non-hydrogen) atoms. The molecule has 0 spiro atoms. The number of pyridine rings is 1. The zero-order valence-electron chi connectivity index (χ0n) is 13.9. The van der Waals surface area contributed by atoms with E-state index in [0.717, 1.165) is 16.8 Å². The summed E-state index contributed by atoms with van der Waals surface area (Å²) in [5.41, 5.74) is 2.41. The van der Waals surface area contributed by atoms with Crippen molar-refractivity contribution in [3.63, 3.8) is 0 Å². The Labute approximate surface area is 150 Å². The van der Waals surface area contributed by atoms with Crippen molar-refractivity contribution in [2.75, 3.05) is 19.0 Å². The number of benzene rings is 2. The molecule has 0 fully saturated rings. The van der Waals surface area contributed by atoms with Gasteiger partial charge in [-0.1, -0.05) is 17.7 Å². The lowest BCUT2D eigenvalue weighted by Gasteiger charge is -2.13. The number of hydrogen-bond acceptors (Lipinski definition) is 5. The first kappa shape index (κ1) is 17.0. The monoisotopic (exact) mass is 356 g/mol. The Morgan fingerprint density at radius 2 is 2.04 bits per heavy atom. The Morgan fingerprint density at radius 3 is 2.76 bits per heavy atom. The zero-order valence-corrected chi connectivity index (χ0v) is 14.6. The van der Waals surface area contributed by atoms with Gasteiger partial charge in [-0.05, 0) is 49.4 Å². The third-order valence-corrected chi connectivity index (χ3v) is 3.82. The van der Waals surface area contributed by atoms with Gasteiger partial charge in [0.05, 0.1) is 24.9 Å². The molecule has 0 aliphatic carbocycles. The minimum absolute atomic E-state index is 0.226. The van der Waals surface area contributed by atoms with Gasteiger partial charge in [-0.25, -0.2) is 9.78 Å². The van der Waals surface area contributed by atoms with E-state index < -0.39 is 5.97 Å². The van der Waals surface area contributed by atoms with Gasteiger partial charge in [0.25, 0.3) is 0 Å². The predicted molar refractivity (Wildman–Crippen MR) is 99.0 cm³/mol. The molecule has 3 aromatic rings. The highest BCUT2D eigenvalue weighted by atomic mass is 35.5. The van der Waals surface area contributed by atoms with Crippen molar-refractivity contribution in [1.29, 1.82) is 0 Å². The van der Waals surface area contributed by atoms with Gasteiger partial charge in [0.2, 0.25) is 0 Å². The second kappa shape index (κ2) is 7.40. The van der Waals surface area contributed by atoms with E-state index in [4.69, 9.17) is 21.1 Å². The van der Waals surface area contributed by atoms with Crippen LogP contribution in [-0.2, 0) is 4.74 Å². The molecule has 1 N–H and O–H groups in total. The third-order valence-electron chi connectivity index (χ3n) is 3.59. The fourth-order valence-electron chi connectivity index (χ4n) is 2.50. The summed E-state index contributed by atoms with van der Waals surface area (Å²) in [7, 11) is 1.33. The summed E-state index contributed by atoms with van der Waals surface area (Å²) >= 11 is 6.05. The number of hydrogen-bond donors (Lipinski definition) is 1. The molecule has 128 valence electrons. The number of halogens is 1. The van der Waals surface area contributed by atoms with Crippen molar-refractivity contribution in [2.45, 2.75) is 6.92 Å². The lowest BCUT2D eigenvalue weighted by molar-refractivity contribution is 0.0594. The second-order valence-corrected chi connectivity index (χ2v) is 5.73. The molecule has 0 saturated carbocycles. The minimum Gasteiger partial charge on any atom is -0.494 e. The first-order valence-electron chi connectivity index (χ1n) is 7.79. The Morgan fingerprint density at radius 1 is 1.20 bits per heavy atom. The number of anilines is 2. The summed E-state index contributed by atoms with van der Waals surface area (Å²) in [5.74, 6) is 0.238. The van der Waals surface area contributed by atoms with Crippen molar-refractivity contribution in [1.82, 2.24) is 4.98 Å². The van der Waals surface area contributed by atoms with Crippen LogP contribution < -0.4 is 10.1 Å².